The number of ether oxygens (including phenoxy) is 1. The van der Waals surface area contributed by atoms with Gasteiger partial charge in [0.25, 0.3) is 5.56 Å². The predicted molar refractivity (Wildman–Crippen MR) is 104 cm³/mol. The second kappa shape index (κ2) is 10.1. The zero-order chi connectivity index (χ0) is 20.8. The number of hydrogen-bond acceptors (Lipinski definition) is 7. The Balaban J connectivity index is 1.63. The van der Waals surface area contributed by atoms with Crippen molar-refractivity contribution in [2.45, 2.75) is 24.9 Å². The molecule has 156 valence electrons. The summed E-state index contributed by atoms with van der Waals surface area (Å²) in [5, 5.41) is 2.58. The average Bonchev–Trinajstić information content (AvgIpc) is 3.08. The molecule has 4 atom stereocenters. The van der Waals surface area contributed by atoms with Crippen LogP contribution in [0.15, 0.2) is 46.1 Å². The summed E-state index contributed by atoms with van der Waals surface area (Å²) in [5.74, 6) is 0.522. The molecule has 1 aliphatic rings. The van der Waals surface area contributed by atoms with Crippen LogP contribution in [0, 0.1) is 0 Å². The highest BCUT2D eigenvalue weighted by atomic mass is 35.5. The topological polar surface area (TPSA) is 112 Å². The zero-order valence-electron chi connectivity index (χ0n) is 15.0. The summed E-state index contributed by atoms with van der Waals surface area (Å²) in [4.78, 5) is 36.0. The van der Waals surface area contributed by atoms with Gasteiger partial charge in [-0.2, -0.15) is 0 Å². The molecule has 12 heteroatoms. The van der Waals surface area contributed by atoms with Crippen molar-refractivity contribution >= 4 is 26.4 Å². The van der Waals surface area contributed by atoms with E-state index in [1.807, 2.05) is 11.1 Å². The van der Waals surface area contributed by atoms with Crippen LogP contribution in [-0.4, -0.2) is 41.3 Å². The number of para-hydroxylation sites is 1. The van der Waals surface area contributed by atoms with Gasteiger partial charge in [0.2, 0.25) is 0 Å². The number of H-pyrrole nitrogens is 1. The Hall–Kier alpha value is -2.10. The second-order valence-corrected chi connectivity index (χ2v) is 7.69. The van der Waals surface area contributed by atoms with E-state index in [9.17, 15) is 18.8 Å². The molecule has 0 radical (unpaired) electrons. The average molecular weight is 446 g/mol. The first-order valence-electron chi connectivity index (χ1n) is 8.61. The Labute approximate surface area is 170 Å². The number of aromatic nitrogens is 2. The van der Waals surface area contributed by atoms with E-state index in [4.69, 9.17) is 25.4 Å². The number of carbonyl (C=O) groups excluding carboxylic acids is 1. The first kappa shape index (κ1) is 21.6. The van der Waals surface area contributed by atoms with Crippen LogP contribution in [0.4, 0.5) is 4.39 Å². The minimum absolute atomic E-state index is 0.00297. The summed E-state index contributed by atoms with van der Waals surface area (Å²) in [6, 6.07) is 8.80. The lowest BCUT2D eigenvalue weighted by molar-refractivity contribution is -0.106. The number of hydrogen-bond donors (Lipinski definition) is 2. The SMILES string of the molecule is O=CCNP(OCC1OC(n2cc(Cl)c(=O)[nH]c2=O)CC1F)Oc1ccccc1. The van der Waals surface area contributed by atoms with Gasteiger partial charge < -0.3 is 18.6 Å². The Morgan fingerprint density at radius 1 is 1.38 bits per heavy atom. The van der Waals surface area contributed by atoms with Gasteiger partial charge in [-0.15, -0.1) is 0 Å². The number of nitrogens with one attached hydrogen (secondary N) is 2. The zero-order valence-corrected chi connectivity index (χ0v) is 16.6. The quantitative estimate of drug-likeness (QED) is 0.448. The smallest absolute Gasteiger partial charge is 0.330 e. The van der Waals surface area contributed by atoms with Gasteiger partial charge >= 0.3 is 14.2 Å². The Bertz CT molecular complexity index is 943. The van der Waals surface area contributed by atoms with E-state index in [1.165, 1.54) is 0 Å². The number of benzene rings is 1. The highest BCUT2D eigenvalue weighted by Gasteiger charge is 2.38. The van der Waals surface area contributed by atoms with Crippen LogP contribution in [-0.2, 0) is 14.1 Å². The Morgan fingerprint density at radius 3 is 2.86 bits per heavy atom. The van der Waals surface area contributed by atoms with E-state index < -0.39 is 38.3 Å². The molecular weight excluding hydrogens is 428 g/mol. The van der Waals surface area contributed by atoms with Crippen LogP contribution in [0.25, 0.3) is 0 Å². The summed E-state index contributed by atoms with van der Waals surface area (Å²) < 4.78 is 32.3. The third-order valence-electron chi connectivity index (χ3n) is 3.99. The molecule has 0 aliphatic carbocycles. The van der Waals surface area contributed by atoms with Crippen LogP contribution >= 0.6 is 20.1 Å². The minimum Gasteiger partial charge on any atom is -0.436 e. The van der Waals surface area contributed by atoms with Gasteiger partial charge in [-0.25, -0.2) is 14.3 Å². The first-order chi connectivity index (χ1) is 14.0. The van der Waals surface area contributed by atoms with Gasteiger partial charge in [0.1, 0.15) is 35.6 Å². The summed E-state index contributed by atoms with van der Waals surface area (Å²) in [6.07, 6.45) is -1.68. The van der Waals surface area contributed by atoms with E-state index in [0.29, 0.717) is 12.0 Å². The Morgan fingerprint density at radius 2 is 2.14 bits per heavy atom. The van der Waals surface area contributed by atoms with E-state index >= 15 is 0 Å². The molecule has 29 heavy (non-hydrogen) atoms. The van der Waals surface area contributed by atoms with Crippen molar-refractivity contribution in [1.82, 2.24) is 14.6 Å². The number of aldehydes is 1. The first-order valence-corrected chi connectivity index (χ1v) is 10.2. The molecule has 3 rings (SSSR count). The molecule has 0 bridgehead atoms. The van der Waals surface area contributed by atoms with E-state index in [2.05, 4.69) is 5.09 Å². The molecule has 1 fully saturated rings. The van der Waals surface area contributed by atoms with E-state index in [1.54, 1.807) is 24.3 Å². The van der Waals surface area contributed by atoms with Crippen LogP contribution < -0.4 is 20.9 Å². The van der Waals surface area contributed by atoms with Gasteiger partial charge in [-0.3, -0.25) is 14.3 Å². The molecule has 1 saturated heterocycles. The molecule has 0 amide bonds. The van der Waals surface area contributed by atoms with Crippen LogP contribution in [0.1, 0.15) is 12.6 Å². The van der Waals surface area contributed by atoms with E-state index in [0.717, 1.165) is 10.8 Å². The number of nitrogens with zero attached hydrogens (tertiary/aromatic N) is 1. The summed E-state index contributed by atoms with van der Waals surface area (Å²) in [6.45, 7) is -0.176. The summed E-state index contributed by atoms with van der Waals surface area (Å²) >= 11 is 5.74. The van der Waals surface area contributed by atoms with Crippen molar-refractivity contribution in [2.75, 3.05) is 13.2 Å². The van der Waals surface area contributed by atoms with Crippen LogP contribution in [0.5, 0.6) is 5.75 Å². The molecule has 4 unspecified atom stereocenters. The lowest BCUT2D eigenvalue weighted by atomic mass is 10.2. The lowest BCUT2D eigenvalue weighted by Gasteiger charge is -2.20. The maximum Gasteiger partial charge on any atom is 0.330 e. The van der Waals surface area contributed by atoms with Crippen LogP contribution in [0.3, 0.4) is 0 Å². The number of rotatable bonds is 9. The van der Waals surface area contributed by atoms with Gasteiger partial charge in [0.15, 0.2) is 0 Å². The van der Waals surface area contributed by atoms with Gasteiger partial charge in [-0.05, 0) is 12.1 Å². The number of alkyl halides is 1. The molecule has 9 nitrogen and oxygen atoms in total. The lowest BCUT2D eigenvalue weighted by Crippen LogP contribution is -2.32. The van der Waals surface area contributed by atoms with Crippen molar-refractivity contribution < 1.29 is 23.0 Å². The van der Waals surface area contributed by atoms with Crippen molar-refractivity contribution in [1.29, 1.82) is 0 Å². The molecule has 2 N–H and O–H groups in total. The monoisotopic (exact) mass is 445 g/mol. The highest BCUT2D eigenvalue weighted by molar-refractivity contribution is 7.45. The number of aromatic amines is 1. The number of carbonyl (C=O) groups is 1. The van der Waals surface area contributed by atoms with Gasteiger partial charge in [-0.1, -0.05) is 29.8 Å². The third kappa shape index (κ3) is 5.71. The normalized spacial score (nSPS) is 22.3. The van der Waals surface area contributed by atoms with Crippen molar-refractivity contribution in [2.24, 2.45) is 0 Å². The fourth-order valence-electron chi connectivity index (χ4n) is 2.62. The van der Waals surface area contributed by atoms with Crippen molar-refractivity contribution in [3.8, 4) is 5.75 Å². The number of halogens is 2. The fourth-order valence-corrected chi connectivity index (χ4v) is 3.80. The predicted octanol–water partition coefficient (Wildman–Crippen LogP) is 1.93. The molecule has 2 aromatic rings. The molecule has 0 spiro atoms. The second-order valence-electron chi connectivity index (χ2n) is 6.01. The van der Waals surface area contributed by atoms with Crippen molar-refractivity contribution in [3.63, 3.8) is 0 Å². The molecular formula is C17H18ClFN3O6P. The largest absolute Gasteiger partial charge is 0.436 e. The van der Waals surface area contributed by atoms with Gasteiger partial charge in [0, 0.05) is 12.6 Å². The summed E-state index contributed by atoms with van der Waals surface area (Å²) in [7, 11) is -1.73. The standard InChI is InChI=1S/C17H18ClFN3O6P/c18-12-9-22(17(25)21-16(12)24)15-8-13(19)14(27-15)10-26-29(20-6-7-23)28-11-4-2-1-3-5-11/h1-5,7,9,13-15,20H,6,8,10H2,(H,21,24,25). The minimum atomic E-state index is -1.73. The Kier molecular flexibility index (Phi) is 7.51. The van der Waals surface area contributed by atoms with Gasteiger partial charge in [0.05, 0.1) is 13.2 Å². The summed E-state index contributed by atoms with van der Waals surface area (Å²) in [5.41, 5.74) is -1.48. The van der Waals surface area contributed by atoms with E-state index in [-0.39, 0.29) is 24.6 Å². The maximum atomic E-state index is 14.4. The molecule has 1 aromatic carbocycles. The molecule has 2 heterocycles. The molecule has 1 aromatic heterocycles. The fraction of sp³-hybridized carbons (Fsp3) is 0.353. The van der Waals surface area contributed by atoms with Crippen molar-refractivity contribution in [3.05, 3.63) is 62.4 Å². The van der Waals surface area contributed by atoms with Crippen LogP contribution in [0.2, 0.25) is 5.02 Å². The molecule has 1 aliphatic heterocycles. The molecule has 0 saturated carbocycles. The maximum absolute atomic E-state index is 14.4. The highest BCUT2D eigenvalue weighted by Crippen LogP contribution is 2.37. The third-order valence-corrected chi connectivity index (χ3v) is 5.46.